The Morgan fingerprint density at radius 1 is 1.04 bits per heavy atom. The minimum Gasteiger partial charge on any atom is -0.481 e. The zero-order valence-electron chi connectivity index (χ0n) is 15.9. The molecule has 0 saturated carbocycles. The fourth-order valence-electron chi connectivity index (χ4n) is 3.72. The Hall–Kier alpha value is -2.70. The van der Waals surface area contributed by atoms with Crippen LogP contribution in [0.1, 0.15) is 34.8 Å². The van der Waals surface area contributed by atoms with Gasteiger partial charge in [-0.2, -0.15) is 0 Å². The number of ether oxygens (including phenoxy) is 1. The molecule has 2 N–H and O–H groups in total. The summed E-state index contributed by atoms with van der Waals surface area (Å²) in [6.45, 7) is 0.623. The van der Waals surface area contributed by atoms with Gasteiger partial charge in [0.15, 0.2) is 0 Å². The van der Waals surface area contributed by atoms with Crippen molar-refractivity contribution in [1.29, 1.82) is 0 Å². The molecule has 0 radical (unpaired) electrons. The van der Waals surface area contributed by atoms with E-state index in [1.54, 1.807) is 7.05 Å². The molecular formula is C22H25NO5. The number of hydrogen-bond acceptors (Lipinski definition) is 4. The number of fused-ring (bicyclic) bond motifs is 2. The molecule has 1 atom stereocenters. The van der Waals surface area contributed by atoms with E-state index in [1.165, 1.54) is 16.0 Å². The van der Waals surface area contributed by atoms with Gasteiger partial charge in [-0.3, -0.25) is 14.5 Å². The molecule has 0 saturated heterocycles. The second kappa shape index (κ2) is 8.99. The molecule has 1 aliphatic carbocycles. The van der Waals surface area contributed by atoms with Crippen molar-refractivity contribution in [3.05, 3.63) is 70.8 Å². The van der Waals surface area contributed by atoms with Gasteiger partial charge in [0.2, 0.25) is 0 Å². The third-order valence-corrected chi connectivity index (χ3v) is 5.25. The van der Waals surface area contributed by atoms with Crippen LogP contribution in [0.15, 0.2) is 48.5 Å². The number of carboxylic acid groups (broad SMARTS) is 2. The lowest BCUT2D eigenvalue weighted by atomic mass is 9.97. The number of carboxylic acids is 2. The van der Waals surface area contributed by atoms with Crippen molar-refractivity contribution in [2.24, 2.45) is 0 Å². The van der Waals surface area contributed by atoms with E-state index >= 15 is 0 Å². The normalized spacial score (nSPS) is 14.8. The summed E-state index contributed by atoms with van der Waals surface area (Å²) < 4.78 is 6.24. The average Bonchev–Trinajstić information content (AvgIpc) is 2.83. The van der Waals surface area contributed by atoms with E-state index in [9.17, 15) is 14.7 Å². The summed E-state index contributed by atoms with van der Waals surface area (Å²) >= 11 is 0. The number of aryl methyl sites for hydroxylation is 2. The SMILES string of the molecule is CN(CCOC1c2ccccc2CCc2ccccc21)C(CC(=O)O)C(=O)O. The second-order valence-electron chi connectivity index (χ2n) is 7.08. The highest BCUT2D eigenvalue weighted by Crippen LogP contribution is 2.34. The minimum absolute atomic E-state index is 0.217. The molecule has 2 aromatic rings. The highest BCUT2D eigenvalue weighted by molar-refractivity contribution is 5.80. The lowest BCUT2D eigenvalue weighted by molar-refractivity contribution is -0.149. The molecule has 0 spiro atoms. The molecule has 0 amide bonds. The third kappa shape index (κ3) is 4.58. The van der Waals surface area contributed by atoms with E-state index in [2.05, 4.69) is 24.3 Å². The van der Waals surface area contributed by atoms with Gasteiger partial charge >= 0.3 is 11.9 Å². The molecular weight excluding hydrogens is 358 g/mol. The van der Waals surface area contributed by atoms with Crippen molar-refractivity contribution in [2.75, 3.05) is 20.2 Å². The smallest absolute Gasteiger partial charge is 0.321 e. The van der Waals surface area contributed by atoms with Crippen LogP contribution >= 0.6 is 0 Å². The summed E-state index contributed by atoms with van der Waals surface area (Å²) in [6.07, 6.45) is 1.24. The van der Waals surface area contributed by atoms with Crippen molar-refractivity contribution in [3.63, 3.8) is 0 Å². The van der Waals surface area contributed by atoms with Gasteiger partial charge in [-0.05, 0) is 42.1 Å². The van der Waals surface area contributed by atoms with Gasteiger partial charge in [-0.1, -0.05) is 48.5 Å². The zero-order chi connectivity index (χ0) is 20.1. The molecule has 3 rings (SSSR count). The van der Waals surface area contributed by atoms with E-state index in [0.29, 0.717) is 13.2 Å². The van der Waals surface area contributed by atoms with E-state index in [4.69, 9.17) is 9.84 Å². The molecule has 6 heteroatoms. The van der Waals surface area contributed by atoms with Crippen molar-refractivity contribution >= 4 is 11.9 Å². The summed E-state index contributed by atoms with van der Waals surface area (Å²) in [6, 6.07) is 15.4. The van der Waals surface area contributed by atoms with Crippen molar-refractivity contribution < 1.29 is 24.5 Å². The first-order chi connectivity index (χ1) is 13.5. The first kappa shape index (κ1) is 20.0. The maximum atomic E-state index is 11.4. The molecule has 28 heavy (non-hydrogen) atoms. The van der Waals surface area contributed by atoms with Crippen LogP contribution in [0.3, 0.4) is 0 Å². The molecule has 0 heterocycles. The summed E-state index contributed by atoms with van der Waals surface area (Å²) in [5.41, 5.74) is 4.78. The van der Waals surface area contributed by atoms with Gasteiger partial charge in [-0.25, -0.2) is 0 Å². The standard InChI is InChI=1S/C22H25NO5/c1-23(19(22(26)27)14-20(24)25)12-13-28-21-17-8-4-2-6-15(17)10-11-16-7-3-5-9-18(16)21/h2-9,19,21H,10-14H2,1H3,(H,24,25)(H,26,27). The van der Waals surface area contributed by atoms with Crippen LogP contribution in [0, 0.1) is 0 Å². The number of benzene rings is 2. The number of rotatable bonds is 8. The highest BCUT2D eigenvalue weighted by atomic mass is 16.5. The van der Waals surface area contributed by atoms with E-state index < -0.39 is 24.4 Å². The van der Waals surface area contributed by atoms with Crippen LogP contribution in [0.2, 0.25) is 0 Å². The Bertz CT molecular complexity index is 803. The maximum absolute atomic E-state index is 11.4. The van der Waals surface area contributed by atoms with Crippen LogP contribution < -0.4 is 0 Å². The van der Waals surface area contributed by atoms with E-state index in [-0.39, 0.29) is 6.10 Å². The molecule has 0 aromatic heterocycles. The predicted molar refractivity (Wildman–Crippen MR) is 104 cm³/mol. The van der Waals surface area contributed by atoms with Gasteiger partial charge < -0.3 is 14.9 Å². The van der Waals surface area contributed by atoms with Crippen LogP contribution in [0.5, 0.6) is 0 Å². The Kier molecular flexibility index (Phi) is 6.44. The molecule has 1 unspecified atom stereocenters. The summed E-state index contributed by atoms with van der Waals surface area (Å²) in [7, 11) is 1.61. The van der Waals surface area contributed by atoms with Crippen LogP contribution in [-0.2, 0) is 27.2 Å². The third-order valence-electron chi connectivity index (χ3n) is 5.25. The van der Waals surface area contributed by atoms with Gasteiger partial charge in [0.1, 0.15) is 12.1 Å². The number of hydrogen-bond donors (Lipinski definition) is 2. The molecule has 0 aliphatic heterocycles. The second-order valence-corrected chi connectivity index (χ2v) is 7.08. The van der Waals surface area contributed by atoms with Crippen LogP contribution in [0.4, 0.5) is 0 Å². The first-order valence-electron chi connectivity index (χ1n) is 9.39. The van der Waals surface area contributed by atoms with Crippen LogP contribution in [-0.4, -0.2) is 53.3 Å². The number of carbonyl (C=O) groups is 2. The Balaban J connectivity index is 1.75. The van der Waals surface area contributed by atoms with Crippen molar-refractivity contribution in [1.82, 2.24) is 4.90 Å². The highest BCUT2D eigenvalue weighted by Gasteiger charge is 2.27. The van der Waals surface area contributed by atoms with Gasteiger partial charge in [-0.15, -0.1) is 0 Å². The molecule has 148 valence electrons. The van der Waals surface area contributed by atoms with E-state index in [1.807, 2.05) is 24.3 Å². The maximum Gasteiger partial charge on any atom is 0.321 e. The number of nitrogens with zero attached hydrogens (tertiary/aromatic N) is 1. The van der Waals surface area contributed by atoms with Gasteiger partial charge in [0, 0.05) is 6.54 Å². The Morgan fingerprint density at radius 3 is 2.07 bits per heavy atom. The van der Waals surface area contributed by atoms with Gasteiger partial charge in [0.05, 0.1) is 13.0 Å². The average molecular weight is 383 g/mol. The summed E-state index contributed by atoms with van der Waals surface area (Å²) in [5.74, 6) is -2.28. The van der Waals surface area contributed by atoms with E-state index in [0.717, 1.165) is 24.0 Å². The fraction of sp³-hybridized carbons (Fsp3) is 0.364. The molecule has 2 aromatic carbocycles. The lowest BCUT2D eigenvalue weighted by Gasteiger charge is -2.26. The number of aliphatic carboxylic acids is 2. The monoisotopic (exact) mass is 383 g/mol. The molecule has 6 nitrogen and oxygen atoms in total. The zero-order valence-corrected chi connectivity index (χ0v) is 15.9. The largest absolute Gasteiger partial charge is 0.481 e. The van der Waals surface area contributed by atoms with Gasteiger partial charge in [0.25, 0.3) is 0 Å². The Morgan fingerprint density at radius 2 is 1.57 bits per heavy atom. The quantitative estimate of drug-likeness (QED) is 0.729. The molecule has 0 fully saturated rings. The summed E-state index contributed by atoms with van der Waals surface area (Å²) in [4.78, 5) is 23.8. The molecule has 1 aliphatic rings. The van der Waals surface area contributed by atoms with Crippen molar-refractivity contribution in [3.8, 4) is 0 Å². The Labute approximate surface area is 164 Å². The van der Waals surface area contributed by atoms with Crippen molar-refractivity contribution in [2.45, 2.75) is 31.4 Å². The lowest BCUT2D eigenvalue weighted by Crippen LogP contribution is -2.41. The summed E-state index contributed by atoms with van der Waals surface area (Å²) in [5, 5.41) is 18.2. The minimum atomic E-state index is -1.14. The predicted octanol–water partition coefficient (Wildman–Crippen LogP) is 2.75. The number of likely N-dealkylation sites (N-methyl/N-ethyl adjacent to an activating group) is 1. The topological polar surface area (TPSA) is 87.1 Å². The molecule has 0 bridgehead atoms. The fourth-order valence-corrected chi connectivity index (χ4v) is 3.72. The first-order valence-corrected chi connectivity index (χ1v) is 9.39. The van der Waals surface area contributed by atoms with Crippen LogP contribution in [0.25, 0.3) is 0 Å².